The van der Waals surface area contributed by atoms with Gasteiger partial charge in [-0.1, -0.05) is 6.92 Å². The molecular weight excluding hydrogens is 328 g/mol. The van der Waals surface area contributed by atoms with Crippen LogP contribution in [0, 0.1) is 5.92 Å². The summed E-state index contributed by atoms with van der Waals surface area (Å²) in [6.07, 6.45) is 2.58. The SMILES string of the molecule is CCNC(=NCC(C)N1CCC(C)CC1)Nc1ccc(OC)c(OC)c1. The number of ether oxygens (including phenoxy) is 2. The lowest BCUT2D eigenvalue weighted by molar-refractivity contribution is 0.150. The minimum absolute atomic E-state index is 0.448. The van der Waals surface area contributed by atoms with E-state index in [-0.39, 0.29) is 0 Å². The van der Waals surface area contributed by atoms with Crippen LogP contribution in [0.3, 0.4) is 0 Å². The smallest absolute Gasteiger partial charge is 0.195 e. The monoisotopic (exact) mass is 362 g/mol. The van der Waals surface area contributed by atoms with E-state index >= 15 is 0 Å². The van der Waals surface area contributed by atoms with Crippen molar-refractivity contribution in [3.05, 3.63) is 18.2 Å². The quantitative estimate of drug-likeness (QED) is 0.576. The predicted octanol–water partition coefficient (Wildman–Crippen LogP) is 3.20. The number of rotatable bonds is 7. The number of hydrogen-bond acceptors (Lipinski definition) is 4. The van der Waals surface area contributed by atoms with Gasteiger partial charge in [-0.05, 0) is 57.8 Å². The Bertz CT molecular complexity index is 583. The summed E-state index contributed by atoms with van der Waals surface area (Å²) in [5, 5.41) is 6.67. The third-order valence-corrected chi connectivity index (χ3v) is 4.95. The van der Waals surface area contributed by atoms with Crippen LogP contribution in [0.5, 0.6) is 11.5 Å². The second-order valence-electron chi connectivity index (χ2n) is 6.98. The fraction of sp³-hybridized carbons (Fsp3) is 0.650. The average Bonchev–Trinajstić information content (AvgIpc) is 2.66. The molecule has 0 spiro atoms. The lowest BCUT2D eigenvalue weighted by Crippen LogP contribution is -2.41. The molecule has 0 radical (unpaired) electrons. The van der Waals surface area contributed by atoms with Gasteiger partial charge in [-0.15, -0.1) is 0 Å². The maximum absolute atomic E-state index is 5.37. The molecule has 0 amide bonds. The van der Waals surface area contributed by atoms with E-state index in [1.807, 2.05) is 18.2 Å². The summed E-state index contributed by atoms with van der Waals surface area (Å²) in [4.78, 5) is 7.33. The Balaban J connectivity index is 2.00. The van der Waals surface area contributed by atoms with Crippen molar-refractivity contribution in [1.82, 2.24) is 10.2 Å². The van der Waals surface area contributed by atoms with Crippen molar-refractivity contribution in [2.45, 2.75) is 39.7 Å². The third-order valence-electron chi connectivity index (χ3n) is 4.95. The van der Waals surface area contributed by atoms with Gasteiger partial charge in [0.05, 0.1) is 20.8 Å². The number of methoxy groups -OCH3 is 2. The fourth-order valence-electron chi connectivity index (χ4n) is 3.17. The van der Waals surface area contributed by atoms with Crippen molar-refractivity contribution in [3.8, 4) is 11.5 Å². The zero-order valence-corrected chi connectivity index (χ0v) is 16.8. The van der Waals surface area contributed by atoms with Gasteiger partial charge < -0.3 is 20.1 Å². The maximum atomic E-state index is 5.37. The summed E-state index contributed by atoms with van der Waals surface area (Å²) in [5.74, 6) is 3.06. The first-order chi connectivity index (χ1) is 12.6. The van der Waals surface area contributed by atoms with Crippen LogP contribution >= 0.6 is 0 Å². The van der Waals surface area contributed by atoms with Crippen LogP contribution in [0.25, 0.3) is 0 Å². The van der Waals surface area contributed by atoms with Crippen molar-refractivity contribution in [2.24, 2.45) is 10.9 Å². The number of likely N-dealkylation sites (tertiary alicyclic amines) is 1. The van der Waals surface area contributed by atoms with Gasteiger partial charge in [-0.2, -0.15) is 0 Å². The number of hydrogen-bond donors (Lipinski definition) is 2. The Hall–Kier alpha value is -1.95. The molecule has 2 rings (SSSR count). The third kappa shape index (κ3) is 5.80. The molecule has 1 fully saturated rings. The molecular formula is C20H34N4O2. The van der Waals surface area contributed by atoms with Gasteiger partial charge in [0.25, 0.3) is 0 Å². The van der Waals surface area contributed by atoms with Gasteiger partial charge in [0.2, 0.25) is 0 Å². The fourth-order valence-corrected chi connectivity index (χ4v) is 3.17. The van der Waals surface area contributed by atoms with E-state index in [1.165, 1.54) is 25.9 Å². The summed E-state index contributed by atoms with van der Waals surface area (Å²) in [6, 6.07) is 6.22. The Labute approximate surface area is 158 Å². The maximum Gasteiger partial charge on any atom is 0.195 e. The van der Waals surface area contributed by atoms with E-state index in [0.29, 0.717) is 17.5 Å². The molecule has 146 valence electrons. The molecule has 1 atom stereocenters. The minimum atomic E-state index is 0.448. The molecule has 1 saturated heterocycles. The number of benzene rings is 1. The number of nitrogens with zero attached hydrogens (tertiary/aromatic N) is 2. The van der Waals surface area contributed by atoms with Crippen molar-refractivity contribution in [1.29, 1.82) is 0 Å². The van der Waals surface area contributed by atoms with Gasteiger partial charge in [-0.3, -0.25) is 9.89 Å². The van der Waals surface area contributed by atoms with E-state index in [4.69, 9.17) is 14.5 Å². The summed E-state index contributed by atoms with van der Waals surface area (Å²) in [5.41, 5.74) is 0.918. The Kier molecular flexibility index (Phi) is 8.04. The van der Waals surface area contributed by atoms with Gasteiger partial charge >= 0.3 is 0 Å². The molecule has 0 bridgehead atoms. The molecule has 0 aliphatic carbocycles. The molecule has 0 aromatic heterocycles. The standard InChI is InChI=1S/C20H34N4O2/c1-6-21-20(22-14-16(3)24-11-9-15(2)10-12-24)23-17-7-8-18(25-4)19(13-17)26-5/h7-8,13,15-16H,6,9-12,14H2,1-5H3,(H2,21,22,23). The van der Waals surface area contributed by atoms with Crippen LogP contribution < -0.4 is 20.1 Å². The molecule has 1 aliphatic rings. The highest BCUT2D eigenvalue weighted by Crippen LogP contribution is 2.29. The first-order valence-corrected chi connectivity index (χ1v) is 9.58. The Morgan fingerprint density at radius 3 is 2.54 bits per heavy atom. The molecule has 0 saturated carbocycles. The normalized spacial score (nSPS) is 17.7. The highest BCUT2D eigenvalue weighted by Gasteiger charge is 2.20. The first-order valence-electron chi connectivity index (χ1n) is 9.58. The molecule has 2 N–H and O–H groups in total. The van der Waals surface area contributed by atoms with Crippen LogP contribution in [-0.4, -0.2) is 57.3 Å². The molecule has 6 nitrogen and oxygen atoms in total. The second-order valence-corrected chi connectivity index (χ2v) is 6.98. The number of aliphatic imine (C=N–C) groups is 1. The molecule has 26 heavy (non-hydrogen) atoms. The highest BCUT2D eigenvalue weighted by atomic mass is 16.5. The van der Waals surface area contributed by atoms with Gasteiger partial charge in [0.1, 0.15) is 0 Å². The molecule has 1 aromatic carbocycles. The number of guanidine groups is 1. The summed E-state index contributed by atoms with van der Waals surface area (Å²) >= 11 is 0. The number of anilines is 1. The zero-order valence-electron chi connectivity index (χ0n) is 16.8. The van der Waals surface area contributed by atoms with Crippen LogP contribution in [0.15, 0.2) is 23.2 Å². The molecule has 6 heteroatoms. The van der Waals surface area contributed by atoms with Crippen LogP contribution in [0.4, 0.5) is 5.69 Å². The zero-order chi connectivity index (χ0) is 18.9. The van der Waals surface area contributed by atoms with E-state index in [2.05, 4.69) is 36.3 Å². The first kappa shape index (κ1) is 20.4. The Morgan fingerprint density at radius 1 is 1.23 bits per heavy atom. The summed E-state index contributed by atoms with van der Waals surface area (Å²) in [7, 11) is 3.28. The van der Waals surface area contributed by atoms with Crippen molar-refractivity contribution in [2.75, 3.05) is 45.7 Å². The second kappa shape index (κ2) is 10.3. The van der Waals surface area contributed by atoms with Crippen LogP contribution in [0.1, 0.15) is 33.6 Å². The van der Waals surface area contributed by atoms with Crippen LogP contribution in [-0.2, 0) is 0 Å². The van der Waals surface area contributed by atoms with E-state index in [9.17, 15) is 0 Å². The molecule has 1 heterocycles. The van der Waals surface area contributed by atoms with Gasteiger partial charge in [0.15, 0.2) is 17.5 Å². The van der Waals surface area contributed by atoms with E-state index in [1.54, 1.807) is 14.2 Å². The predicted molar refractivity (Wildman–Crippen MR) is 109 cm³/mol. The number of nitrogens with one attached hydrogen (secondary N) is 2. The van der Waals surface area contributed by atoms with Gasteiger partial charge in [0, 0.05) is 24.3 Å². The van der Waals surface area contributed by atoms with Crippen LogP contribution in [0.2, 0.25) is 0 Å². The van der Waals surface area contributed by atoms with Gasteiger partial charge in [-0.25, -0.2) is 0 Å². The van der Waals surface area contributed by atoms with E-state index in [0.717, 1.165) is 30.7 Å². The van der Waals surface area contributed by atoms with Crippen molar-refractivity contribution >= 4 is 11.6 Å². The topological polar surface area (TPSA) is 58.1 Å². The highest BCUT2D eigenvalue weighted by molar-refractivity contribution is 5.93. The lowest BCUT2D eigenvalue weighted by atomic mass is 9.98. The molecule has 1 aliphatic heterocycles. The largest absolute Gasteiger partial charge is 0.493 e. The molecule has 1 unspecified atom stereocenters. The van der Waals surface area contributed by atoms with E-state index < -0.39 is 0 Å². The Morgan fingerprint density at radius 2 is 1.92 bits per heavy atom. The summed E-state index contributed by atoms with van der Waals surface area (Å²) in [6.45, 7) is 10.6. The summed E-state index contributed by atoms with van der Waals surface area (Å²) < 4.78 is 10.7. The number of piperidine rings is 1. The lowest BCUT2D eigenvalue weighted by Gasteiger charge is -2.34. The molecule has 1 aromatic rings. The average molecular weight is 363 g/mol. The minimum Gasteiger partial charge on any atom is -0.493 e. The van der Waals surface area contributed by atoms with Crippen molar-refractivity contribution < 1.29 is 9.47 Å². The van der Waals surface area contributed by atoms with Crippen molar-refractivity contribution in [3.63, 3.8) is 0 Å².